The number of pyridine rings is 2. The first-order valence-electron chi connectivity index (χ1n) is 14.1. The van der Waals surface area contributed by atoms with E-state index < -0.39 is 5.60 Å². The second-order valence-corrected chi connectivity index (χ2v) is 10.8. The SMILES string of the molecule is CC.CC(C)(C)[O-].N#Cc1ccc(C(=O)c2nc3nc(N4CCC(O)CC4)ccc3[nH]2)cc1-c1cncc2[nH]ccc12.[K+]. The molecule has 5 aromatic rings. The molecule has 0 bridgehead atoms. The fourth-order valence-corrected chi connectivity index (χ4v) is 4.60. The van der Waals surface area contributed by atoms with E-state index in [0.29, 0.717) is 40.7 Å². The minimum atomic E-state index is -0.750. The maximum absolute atomic E-state index is 13.4. The topological polar surface area (TPSA) is 158 Å². The van der Waals surface area contributed by atoms with Crippen molar-refractivity contribution < 1.29 is 66.4 Å². The van der Waals surface area contributed by atoms with Crippen LogP contribution in [0.15, 0.2) is 55.0 Å². The molecular formula is C32H36KN7O3. The summed E-state index contributed by atoms with van der Waals surface area (Å²) in [5.74, 6) is 0.681. The van der Waals surface area contributed by atoms with Crippen molar-refractivity contribution in [2.45, 2.75) is 59.2 Å². The fraction of sp³-hybridized carbons (Fsp3) is 0.344. The number of imidazole rings is 1. The third-order valence-corrected chi connectivity index (χ3v) is 6.50. The van der Waals surface area contributed by atoms with Crippen LogP contribution in [-0.2, 0) is 0 Å². The number of aromatic amines is 2. The first-order valence-corrected chi connectivity index (χ1v) is 14.1. The number of nitrogens with one attached hydrogen (secondary N) is 2. The first-order chi connectivity index (χ1) is 20.1. The molecule has 4 aromatic heterocycles. The van der Waals surface area contributed by atoms with Gasteiger partial charge in [-0.1, -0.05) is 34.6 Å². The molecule has 218 valence electrons. The molecule has 43 heavy (non-hydrogen) atoms. The predicted octanol–water partition coefficient (Wildman–Crippen LogP) is 1.74. The van der Waals surface area contributed by atoms with Crippen LogP contribution >= 0.6 is 0 Å². The van der Waals surface area contributed by atoms with Gasteiger partial charge in [0.2, 0.25) is 5.78 Å². The van der Waals surface area contributed by atoms with E-state index in [2.05, 4.69) is 35.9 Å². The van der Waals surface area contributed by atoms with E-state index in [9.17, 15) is 20.3 Å². The number of H-pyrrole nitrogens is 2. The van der Waals surface area contributed by atoms with Gasteiger partial charge < -0.3 is 25.1 Å². The van der Waals surface area contributed by atoms with Gasteiger partial charge in [-0.15, -0.1) is 5.60 Å². The Hall–Kier alpha value is -2.95. The molecule has 0 atom stereocenters. The van der Waals surface area contributed by atoms with Gasteiger partial charge in [-0.2, -0.15) is 5.26 Å². The number of carbonyl (C=O) groups excluding carboxylic acids is 1. The van der Waals surface area contributed by atoms with E-state index in [1.165, 1.54) is 0 Å². The van der Waals surface area contributed by atoms with Gasteiger partial charge in [0, 0.05) is 47.6 Å². The van der Waals surface area contributed by atoms with E-state index in [1.54, 1.807) is 51.4 Å². The van der Waals surface area contributed by atoms with E-state index >= 15 is 0 Å². The second-order valence-electron chi connectivity index (χ2n) is 10.8. The van der Waals surface area contributed by atoms with Crippen LogP contribution in [0.5, 0.6) is 0 Å². The first kappa shape index (κ1) is 34.5. The molecule has 0 unspecified atom stereocenters. The number of ketones is 1. The molecule has 0 radical (unpaired) electrons. The number of aliphatic hydroxyl groups is 1. The van der Waals surface area contributed by atoms with Crippen molar-refractivity contribution in [3.63, 3.8) is 0 Å². The molecule has 1 aliphatic rings. The van der Waals surface area contributed by atoms with Crippen LogP contribution in [0.3, 0.4) is 0 Å². The van der Waals surface area contributed by atoms with E-state index in [4.69, 9.17) is 0 Å². The average molecular weight is 606 g/mol. The Morgan fingerprint density at radius 1 is 1.05 bits per heavy atom. The van der Waals surface area contributed by atoms with Gasteiger partial charge in [0.1, 0.15) is 5.82 Å². The molecule has 0 amide bonds. The van der Waals surface area contributed by atoms with Gasteiger partial charge in [-0.05, 0) is 49.2 Å². The van der Waals surface area contributed by atoms with E-state index in [-0.39, 0.29) is 69.1 Å². The minimum Gasteiger partial charge on any atom is -0.850 e. The number of rotatable bonds is 4. The van der Waals surface area contributed by atoms with Gasteiger partial charge in [0.25, 0.3) is 0 Å². The zero-order valence-corrected chi connectivity index (χ0v) is 28.7. The zero-order valence-electron chi connectivity index (χ0n) is 25.6. The number of piperidine rings is 1. The van der Waals surface area contributed by atoms with Gasteiger partial charge >= 0.3 is 51.4 Å². The molecule has 0 aliphatic carbocycles. The Balaban J connectivity index is 0.000000577. The Kier molecular flexibility index (Phi) is 12.2. The molecule has 1 fully saturated rings. The Labute approximate surface area is 294 Å². The molecule has 1 aliphatic heterocycles. The number of hydrogen-bond donors (Lipinski definition) is 3. The van der Waals surface area contributed by atoms with E-state index in [0.717, 1.165) is 35.4 Å². The van der Waals surface area contributed by atoms with Crippen molar-refractivity contribution in [1.29, 1.82) is 5.26 Å². The summed E-state index contributed by atoms with van der Waals surface area (Å²) in [6.45, 7) is 10.4. The van der Waals surface area contributed by atoms with Crippen LogP contribution in [0.2, 0.25) is 0 Å². The van der Waals surface area contributed by atoms with E-state index in [1.807, 2.05) is 38.2 Å². The monoisotopic (exact) mass is 605 g/mol. The van der Waals surface area contributed by atoms with Gasteiger partial charge in [0.05, 0.1) is 35.0 Å². The number of hydrogen-bond acceptors (Lipinski definition) is 8. The standard InChI is InChI=1S/C26H21N7O2.C4H9O.C2H6.K/c27-12-16-2-1-15(11-19(16)20-13-28-14-22-18(20)5-8-29-22)24(35)26-30-21-3-4-23(31-25(21)32-26)33-9-6-17(34)7-10-33;1-4(2,3)5;1-2;/h1-5,8,11,13-14,17,29,34H,6-7,9-10H2,(H,30,31,32);1-3H3;1-2H3;/q;-1;;+1. The van der Waals surface area contributed by atoms with Crippen LogP contribution in [0.1, 0.15) is 69.2 Å². The van der Waals surface area contributed by atoms with Crippen molar-refractivity contribution in [2.24, 2.45) is 0 Å². The third-order valence-electron chi connectivity index (χ3n) is 6.50. The molecule has 10 nitrogen and oxygen atoms in total. The summed E-state index contributed by atoms with van der Waals surface area (Å²) in [6.07, 6.45) is 6.39. The summed E-state index contributed by atoms with van der Waals surface area (Å²) >= 11 is 0. The largest absolute Gasteiger partial charge is 1.00 e. The molecule has 5 heterocycles. The normalized spacial score (nSPS) is 13.3. The molecule has 11 heteroatoms. The average Bonchev–Trinajstić information content (AvgIpc) is 3.64. The number of benzene rings is 1. The van der Waals surface area contributed by atoms with Crippen molar-refractivity contribution in [1.82, 2.24) is 24.9 Å². The van der Waals surface area contributed by atoms with Crippen LogP contribution in [-0.4, -0.2) is 60.6 Å². The number of nitriles is 1. The number of aliphatic hydroxyl groups excluding tert-OH is 1. The smallest absolute Gasteiger partial charge is 0.850 e. The summed E-state index contributed by atoms with van der Waals surface area (Å²) < 4.78 is 0. The fourth-order valence-electron chi connectivity index (χ4n) is 4.60. The summed E-state index contributed by atoms with van der Waals surface area (Å²) in [5, 5.41) is 30.5. The zero-order chi connectivity index (χ0) is 30.4. The maximum Gasteiger partial charge on any atom is 1.00 e. The van der Waals surface area contributed by atoms with Crippen molar-refractivity contribution in [3.05, 3.63) is 71.9 Å². The number of carbonyl (C=O) groups is 1. The van der Waals surface area contributed by atoms with Crippen LogP contribution in [0, 0.1) is 11.3 Å². The van der Waals surface area contributed by atoms with Gasteiger partial charge in [-0.3, -0.25) is 9.78 Å². The number of aromatic nitrogens is 5. The van der Waals surface area contributed by atoms with Crippen LogP contribution < -0.4 is 61.4 Å². The summed E-state index contributed by atoms with van der Waals surface area (Å²) in [5.41, 5.74) is 3.52. The minimum absolute atomic E-state index is 0. The summed E-state index contributed by atoms with van der Waals surface area (Å²) in [6, 6.07) is 12.9. The Morgan fingerprint density at radius 3 is 2.42 bits per heavy atom. The predicted molar refractivity (Wildman–Crippen MR) is 162 cm³/mol. The quantitative estimate of drug-likeness (QED) is 0.207. The molecular weight excluding hydrogens is 569 g/mol. The maximum atomic E-state index is 13.4. The molecule has 0 saturated carbocycles. The third kappa shape index (κ3) is 8.58. The molecule has 6 rings (SSSR count). The second kappa shape index (κ2) is 15.2. The van der Waals surface area contributed by atoms with Crippen molar-refractivity contribution in [3.8, 4) is 17.2 Å². The summed E-state index contributed by atoms with van der Waals surface area (Å²) in [7, 11) is 0. The molecule has 0 spiro atoms. The van der Waals surface area contributed by atoms with Gasteiger partial charge in [-0.25, -0.2) is 9.97 Å². The van der Waals surface area contributed by atoms with Crippen LogP contribution in [0.25, 0.3) is 33.2 Å². The molecule has 1 aromatic carbocycles. The van der Waals surface area contributed by atoms with Crippen LogP contribution in [0.4, 0.5) is 5.82 Å². The Bertz CT molecular complexity index is 1720. The molecule has 3 N–H and O–H groups in total. The van der Waals surface area contributed by atoms with Crippen molar-refractivity contribution >= 4 is 33.7 Å². The van der Waals surface area contributed by atoms with Gasteiger partial charge in [0.15, 0.2) is 11.5 Å². The van der Waals surface area contributed by atoms with Crippen molar-refractivity contribution in [2.75, 3.05) is 18.0 Å². The number of nitrogens with zero attached hydrogens (tertiary/aromatic N) is 5. The number of anilines is 1. The Morgan fingerprint density at radius 2 is 1.74 bits per heavy atom. The number of fused-ring (bicyclic) bond motifs is 2. The molecule has 1 saturated heterocycles. The summed E-state index contributed by atoms with van der Waals surface area (Å²) in [4.78, 5) is 35.1.